The summed E-state index contributed by atoms with van der Waals surface area (Å²) >= 11 is 1.85. The van der Waals surface area contributed by atoms with Gasteiger partial charge in [0.05, 0.1) is 0 Å². The summed E-state index contributed by atoms with van der Waals surface area (Å²) in [5.74, 6) is 0.775. The number of nitrogens with zero attached hydrogens (tertiary/aromatic N) is 2. The zero-order chi connectivity index (χ0) is 13.1. The molecule has 0 amide bonds. The van der Waals surface area contributed by atoms with Crippen LogP contribution >= 0.6 is 11.3 Å². The summed E-state index contributed by atoms with van der Waals surface area (Å²) in [5.41, 5.74) is 0. The molecule has 1 aliphatic rings. The van der Waals surface area contributed by atoms with E-state index in [0.29, 0.717) is 12.1 Å². The highest BCUT2D eigenvalue weighted by Gasteiger charge is 2.26. The van der Waals surface area contributed by atoms with Gasteiger partial charge in [0, 0.05) is 29.7 Å². The molecule has 1 aromatic heterocycles. The molecule has 3 atom stereocenters. The van der Waals surface area contributed by atoms with Crippen LogP contribution in [0.1, 0.15) is 51.5 Å². The highest BCUT2D eigenvalue weighted by molar-refractivity contribution is 7.15. The summed E-state index contributed by atoms with van der Waals surface area (Å²) in [4.78, 5) is 8.46. The number of aromatic nitrogens is 1. The molecule has 18 heavy (non-hydrogen) atoms. The Morgan fingerprint density at radius 1 is 1.56 bits per heavy atom. The van der Waals surface area contributed by atoms with Crippen molar-refractivity contribution in [2.45, 2.75) is 52.6 Å². The minimum atomic E-state index is 0.416. The van der Waals surface area contributed by atoms with Crippen LogP contribution in [0.3, 0.4) is 0 Å². The predicted molar refractivity (Wildman–Crippen MR) is 79.4 cm³/mol. The van der Waals surface area contributed by atoms with Gasteiger partial charge in [0.1, 0.15) is 0 Å². The average Bonchev–Trinajstić information content (AvgIpc) is 2.82. The molecule has 2 rings (SSSR count). The van der Waals surface area contributed by atoms with Crippen molar-refractivity contribution in [3.63, 3.8) is 0 Å². The summed E-state index contributed by atoms with van der Waals surface area (Å²) in [7, 11) is 0. The third kappa shape index (κ3) is 2.86. The quantitative estimate of drug-likeness (QED) is 0.906. The Morgan fingerprint density at radius 3 is 3.06 bits per heavy atom. The van der Waals surface area contributed by atoms with Crippen LogP contribution in [0.15, 0.2) is 6.20 Å². The van der Waals surface area contributed by atoms with E-state index >= 15 is 0 Å². The Hall–Kier alpha value is -0.610. The second-order valence-corrected chi connectivity index (χ2v) is 6.42. The van der Waals surface area contributed by atoms with E-state index in [1.165, 1.54) is 22.9 Å². The van der Waals surface area contributed by atoms with Crippen molar-refractivity contribution in [1.29, 1.82) is 0 Å². The normalized spacial score (nSPS) is 26.3. The molecule has 1 fully saturated rings. The van der Waals surface area contributed by atoms with Crippen molar-refractivity contribution in [3.05, 3.63) is 11.1 Å². The van der Waals surface area contributed by atoms with Gasteiger partial charge in [-0.2, -0.15) is 0 Å². The van der Waals surface area contributed by atoms with E-state index < -0.39 is 0 Å². The predicted octanol–water partition coefficient (Wildman–Crippen LogP) is 3.44. The summed E-state index contributed by atoms with van der Waals surface area (Å²) in [6.07, 6.45) is 4.69. The molecule has 1 aliphatic heterocycles. The third-order valence-electron chi connectivity index (χ3n) is 4.07. The molecular weight excluding hydrogens is 242 g/mol. The van der Waals surface area contributed by atoms with Crippen molar-refractivity contribution in [2.24, 2.45) is 5.92 Å². The Labute approximate surface area is 115 Å². The number of rotatable bonds is 4. The zero-order valence-corrected chi connectivity index (χ0v) is 12.8. The van der Waals surface area contributed by atoms with Crippen molar-refractivity contribution < 1.29 is 0 Å². The maximum absolute atomic E-state index is 4.63. The summed E-state index contributed by atoms with van der Waals surface area (Å²) < 4.78 is 0. The SMILES string of the molecule is CCNC(C)c1cnc(N2CCCC(C)C2C)s1. The standard InChI is InChI=1S/C14H25N3S/c1-5-15-11(3)13-9-16-14(18-13)17-8-6-7-10(2)12(17)4/h9-12,15H,5-8H2,1-4H3. The molecule has 0 radical (unpaired) electrons. The Morgan fingerprint density at radius 2 is 2.33 bits per heavy atom. The van der Waals surface area contributed by atoms with Gasteiger partial charge in [-0.15, -0.1) is 11.3 Å². The van der Waals surface area contributed by atoms with Gasteiger partial charge in [-0.25, -0.2) is 4.98 Å². The lowest BCUT2D eigenvalue weighted by Gasteiger charge is -2.37. The van der Waals surface area contributed by atoms with E-state index in [9.17, 15) is 0 Å². The number of hydrogen-bond donors (Lipinski definition) is 1. The lowest BCUT2D eigenvalue weighted by atomic mass is 9.93. The fraction of sp³-hybridized carbons (Fsp3) is 0.786. The van der Waals surface area contributed by atoms with E-state index in [2.05, 4.69) is 42.9 Å². The molecule has 0 aromatic carbocycles. The fourth-order valence-corrected chi connectivity index (χ4v) is 3.68. The topological polar surface area (TPSA) is 28.2 Å². The molecule has 0 saturated carbocycles. The first kappa shape index (κ1) is 13.8. The summed E-state index contributed by atoms with van der Waals surface area (Å²) in [5, 5.41) is 4.65. The first-order valence-electron chi connectivity index (χ1n) is 7.09. The molecule has 0 aliphatic carbocycles. The third-order valence-corrected chi connectivity index (χ3v) is 5.28. The number of thiazole rings is 1. The number of nitrogens with one attached hydrogen (secondary N) is 1. The molecule has 0 spiro atoms. The Kier molecular flexibility index (Phi) is 4.62. The van der Waals surface area contributed by atoms with Gasteiger partial charge in [0.15, 0.2) is 5.13 Å². The van der Waals surface area contributed by atoms with E-state index in [1.807, 2.05) is 17.5 Å². The smallest absolute Gasteiger partial charge is 0.185 e. The van der Waals surface area contributed by atoms with Crippen molar-refractivity contribution in [3.8, 4) is 0 Å². The van der Waals surface area contributed by atoms with Crippen LogP contribution in [0.5, 0.6) is 0 Å². The van der Waals surface area contributed by atoms with Crippen molar-refractivity contribution in [1.82, 2.24) is 10.3 Å². The second-order valence-electron chi connectivity index (χ2n) is 5.38. The minimum absolute atomic E-state index is 0.416. The van der Waals surface area contributed by atoms with Gasteiger partial charge in [0.25, 0.3) is 0 Å². The zero-order valence-electron chi connectivity index (χ0n) is 11.9. The lowest BCUT2D eigenvalue weighted by molar-refractivity contribution is 0.363. The van der Waals surface area contributed by atoms with Gasteiger partial charge in [-0.05, 0) is 39.2 Å². The van der Waals surface area contributed by atoms with Crippen LogP contribution in [0.4, 0.5) is 5.13 Å². The molecule has 1 aromatic rings. The molecular formula is C14H25N3S. The summed E-state index contributed by atoms with van der Waals surface area (Å²) in [6.45, 7) is 11.2. The molecule has 2 heterocycles. The molecule has 1 N–H and O–H groups in total. The summed E-state index contributed by atoms with van der Waals surface area (Å²) in [6, 6.07) is 1.03. The first-order chi connectivity index (χ1) is 8.63. The van der Waals surface area contributed by atoms with Gasteiger partial charge >= 0.3 is 0 Å². The largest absolute Gasteiger partial charge is 0.345 e. The van der Waals surface area contributed by atoms with E-state index in [1.54, 1.807) is 0 Å². The molecule has 4 heteroatoms. The second kappa shape index (κ2) is 6.02. The Bertz CT molecular complexity index is 377. The maximum atomic E-state index is 4.63. The monoisotopic (exact) mass is 267 g/mol. The van der Waals surface area contributed by atoms with Crippen LogP contribution in [-0.2, 0) is 0 Å². The van der Waals surface area contributed by atoms with E-state index in [0.717, 1.165) is 19.0 Å². The van der Waals surface area contributed by atoms with Crippen molar-refractivity contribution >= 4 is 16.5 Å². The molecule has 3 unspecified atom stereocenters. The van der Waals surface area contributed by atoms with Crippen LogP contribution in [-0.4, -0.2) is 24.1 Å². The molecule has 3 nitrogen and oxygen atoms in total. The number of anilines is 1. The van der Waals surface area contributed by atoms with Crippen LogP contribution < -0.4 is 10.2 Å². The molecule has 1 saturated heterocycles. The van der Waals surface area contributed by atoms with Crippen LogP contribution in [0.2, 0.25) is 0 Å². The van der Waals surface area contributed by atoms with Crippen LogP contribution in [0, 0.1) is 5.92 Å². The average molecular weight is 267 g/mol. The van der Waals surface area contributed by atoms with Gasteiger partial charge in [-0.3, -0.25) is 0 Å². The van der Waals surface area contributed by atoms with Crippen molar-refractivity contribution in [2.75, 3.05) is 18.0 Å². The fourth-order valence-electron chi connectivity index (χ4n) is 2.62. The highest BCUT2D eigenvalue weighted by Crippen LogP contribution is 2.33. The molecule has 0 bridgehead atoms. The van der Waals surface area contributed by atoms with E-state index in [-0.39, 0.29) is 0 Å². The lowest BCUT2D eigenvalue weighted by Crippen LogP contribution is -2.42. The van der Waals surface area contributed by atoms with E-state index in [4.69, 9.17) is 0 Å². The maximum Gasteiger partial charge on any atom is 0.185 e. The number of piperidine rings is 1. The minimum Gasteiger partial charge on any atom is -0.345 e. The number of hydrogen-bond acceptors (Lipinski definition) is 4. The molecule has 102 valence electrons. The van der Waals surface area contributed by atoms with Gasteiger partial charge < -0.3 is 10.2 Å². The Balaban J connectivity index is 2.09. The first-order valence-corrected chi connectivity index (χ1v) is 7.90. The van der Waals surface area contributed by atoms with Gasteiger partial charge in [-0.1, -0.05) is 13.8 Å². The van der Waals surface area contributed by atoms with Crippen LogP contribution in [0.25, 0.3) is 0 Å². The highest BCUT2D eigenvalue weighted by atomic mass is 32.1. The van der Waals surface area contributed by atoms with Gasteiger partial charge in [0.2, 0.25) is 0 Å².